The summed E-state index contributed by atoms with van der Waals surface area (Å²) in [5.74, 6) is 0.163. The normalized spacial score (nSPS) is 13.2. The summed E-state index contributed by atoms with van der Waals surface area (Å²) in [4.78, 5) is 14.6. The van der Waals surface area contributed by atoms with Gasteiger partial charge in [-0.15, -0.1) is 0 Å². The van der Waals surface area contributed by atoms with Crippen molar-refractivity contribution in [3.8, 4) is 5.75 Å². The van der Waals surface area contributed by atoms with Crippen LogP contribution in [0.1, 0.15) is 18.1 Å². The van der Waals surface area contributed by atoms with E-state index in [-0.39, 0.29) is 6.42 Å². The first kappa shape index (κ1) is 17.7. The van der Waals surface area contributed by atoms with Crippen LogP contribution in [0.3, 0.4) is 0 Å². The van der Waals surface area contributed by atoms with E-state index in [4.69, 9.17) is 15.6 Å². The molecule has 0 radical (unpaired) electrons. The number of benzene rings is 1. The number of ether oxygens (including phenoxy) is 1. The number of carboxylic acid groups (broad SMARTS) is 1. The Kier molecular flexibility index (Phi) is 5.73. The van der Waals surface area contributed by atoms with E-state index in [0.29, 0.717) is 35.8 Å². The lowest BCUT2D eigenvalue weighted by Gasteiger charge is -2.25. The summed E-state index contributed by atoms with van der Waals surface area (Å²) in [6, 6.07) is 10.2. The molecule has 2 aromatic rings. The van der Waals surface area contributed by atoms with Crippen LogP contribution in [-0.2, 0) is 16.9 Å². The van der Waals surface area contributed by atoms with Gasteiger partial charge in [0.05, 0.1) is 6.42 Å². The third-order valence-electron chi connectivity index (χ3n) is 3.47. The van der Waals surface area contributed by atoms with Crippen LogP contribution < -0.4 is 15.8 Å². The summed E-state index contributed by atoms with van der Waals surface area (Å²) in [5, 5.41) is 22.1. The largest absolute Gasteiger partial charge is 0.492 e. The van der Waals surface area contributed by atoms with Crippen molar-refractivity contribution in [2.45, 2.75) is 19.1 Å². The number of aliphatic carboxylic acids is 1. The van der Waals surface area contributed by atoms with Crippen molar-refractivity contribution in [3.63, 3.8) is 0 Å². The molecule has 7 heteroatoms. The quantitative estimate of drug-likeness (QED) is 0.423. The maximum absolute atomic E-state index is 10.6. The van der Waals surface area contributed by atoms with Gasteiger partial charge in [0.2, 0.25) is 0 Å². The molecule has 1 heterocycles. The topological polar surface area (TPSA) is 118 Å². The second-order valence-corrected chi connectivity index (χ2v) is 5.53. The standard InChI is InChI=1S/C17H21N3O4/c1-17(23,13-4-7-15(18)19-11-13)20-8-9-24-14-5-2-12(3-6-14)10-16(21)22/h2-7,11,20,23H,8-10H2,1H3,(H2,18,19)(H,21,22). The molecular weight excluding hydrogens is 310 g/mol. The molecule has 0 fully saturated rings. The molecule has 0 aliphatic carbocycles. The van der Waals surface area contributed by atoms with Crippen molar-refractivity contribution in [2.75, 3.05) is 18.9 Å². The highest BCUT2D eigenvalue weighted by Gasteiger charge is 2.22. The van der Waals surface area contributed by atoms with Crippen molar-refractivity contribution < 1.29 is 19.7 Å². The summed E-state index contributed by atoms with van der Waals surface area (Å²) < 4.78 is 5.56. The molecule has 128 valence electrons. The van der Waals surface area contributed by atoms with Gasteiger partial charge >= 0.3 is 5.97 Å². The number of nitrogens with one attached hydrogen (secondary N) is 1. The monoisotopic (exact) mass is 331 g/mol. The minimum absolute atomic E-state index is 0.0136. The number of anilines is 1. The molecule has 1 aromatic carbocycles. The third-order valence-corrected chi connectivity index (χ3v) is 3.47. The van der Waals surface area contributed by atoms with Crippen molar-refractivity contribution in [1.29, 1.82) is 0 Å². The molecular formula is C17H21N3O4. The molecule has 7 nitrogen and oxygen atoms in total. The number of rotatable bonds is 8. The lowest BCUT2D eigenvalue weighted by molar-refractivity contribution is -0.136. The van der Waals surface area contributed by atoms with E-state index in [1.54, 1.807) is 43.3 Å². The smallest absolute Gasteiger partial charge is 0.307 e. The molecule has 0 amide bonds. The van der Waals surface area contributed by atoms with Crippen LogP contribution in [0.15, 0.2) is 42.6 Å². The zero-order chi connectivity index (χ0) is 17.6. The van der Waals surface area contributed by atoms with Gasteiger partial charge in [-0.3, -0.25) is 10.1 Å². The number of aliphatic hydroxyl groups is 1. The van der Waals surface area contributed by atoms with Crippen molar-refractivity contribution in [2.24, 2.45) is 0 Å². The van der Waals surface area contributed by atoms with Gasteiger partial charge in [-0.25, -0.2) is 4.98 Å². The molecule has 0 bridgehead atoms. The first-order valence-electron chi connectivity index (χ1n) is 7.50. The molecule has 1 aromatic heterocycles. The number of aromatic nitrogens is 1. The number of pyridine rings is 1. The predicted molar refractivity (Wildman–Crippen MR) is 89.5 cm³/mol. The minimum atomic E-state index is -1.24. The van der Waals surface area contributed by atoms with Gasteiger partial charge in [-0.2, -0.15) is 0 Å². The number of carboxylic acids is 1. The maximum atomic E-state index is 10.6. The number of hydrogen-bond acceptors (Lipinski definition) is 6. The molecule has 0 aliphatic heterocycles. The molecule has 0 spiro atoms. The second-order valence-electron chi connectivity index (χ2n) is 5.53. The van der Waals surface area contributed by atoms with Gasteiger partial charge < -0.3 is 20.7 Å². The Morgan fingerprint density at radius 1 is 1.29 bits per heavy atom. The van der Waals surface area contributed by atoms with E-state index in [1.165, 1.54) is 6.20 Å². The molecule has 1 unspecified atom stereocenters. The third kappa shape index (κ3) is 5.22. The Morgan fingerprint density at radius 3 is 2.58 bits per heavy atom. The zero-order valence-corrected chi connectivity index (χ0v) is 13.4. The van der Waals surface area contributed by atoms with E-state index in [2.05, 4.69) is 10.3 Å². The number of nitrogens with two attached hydrogens (primary N) is 1. The highest BCUT2D eigenvalue weighted by Crippen LogP contribution is 2.17. The van der Waals surface area contributed by atoms with Crippen molar-refractivity contribution in [1.82, 2.24) is 10.3 Å². The van der Waals surface area contributed by atoms with Gasteiger partial charge in [-0.05, 0) is 36.8 Å². The average Bonchev–Trinajstić information content (AvgIpc) is 2.53. The van der Waals surface area contributed by atoms with Crippen LogP contribution in [0.25, 0.3) is 0 Å². The number of carbonyl (C=O) groups is 1. The first-order valence-corrected chi connectivity index (χ1v) is 7.50. The Labute approximate surface area is 140 Å². The molecule has 24 heavy (non-hydrogen) atoms. The van der Waals surface area contributed by atoms with Crippen LogP contribution in [0.5, 0.6) is 5.75 Å². The van der Waals surface area contributed by atoms with Gasteiger partial charge in [0.1, 0.15) is 23.9 Å². The van der Waals surface area contributed by atoms with Crippen LogP contribution in [0.2, 0.25) is 0 Å². The highest BCUT2D eigenvalue weighted by atomic mass is 16.5. The number of hydrogen-bond donors (Lipinski definition) is 4. The van der Waals surface area contributed by atoms with E-state index in [1.807, 2.05) is 0 Å². The van der Waals surface area contributed by atoms with Gasteiger partial charge in [0.25, 0.3) is 0 Å². The zero-order valence-electron chi connectivity index (χ0n) is 13.4. The highest BCUT2D eigenvalue weighted by molar-refractivity contribution is 5.70. The fraction of sp³-hybridized carbons (Fsp3) is 0.294. The van der Waals surface area contributed by atoms with Crippen LogP contribution in [0.4, 0.5) is 5.82 Å². The molecule has 1 atom stereocenters. The predicted octanol–water partition coefficient (Wildman–Crippen LogP) is 1.12. The summed E-state index contributed by atoms with van der Waals surface area (Å²) >= 11 is 0. The van der Waals surface area contributed by atoms with E-state index in [9.17, 15) is 9.90 Å². The van der Waals surface area contributed by atoms with E-state index >= 15 is 0 Å². The Morgan fingerprint density at radius 2 is 2.00 bits per heavy atom. The summed E-state index contributed by atoms with van der Waals surface area (Å²) in [7, 11) is 0. The fourth-order valence-corrected chi connectivity index (χ4v) is 2.14. The molecule has 0 saturated heterocycles. The average molecular weight is 331 g/mol. The van der Waals surface area contributed by atoms with Crippen LogP contribution in [0, 0.1) is 0 Å². The molecule has 5 N–H and O–H groups in total. The maximum Gasteiger partial charge on any atom is 0.307 e. The molecule has 2 rings (SSSR count). The van der Waals surface area contributed by atoms with Gasteiger partial charge in [-0.1, -0.05) is 12.1 Å². The van der Waals surface area contributed by atoms with Crippen LogP contribution in [-0.4, -0.2) is 34.3 Å². The van der Waals surface area contributed by atoms with Crippen molar-refractivity contribution >= 4 is 11.8 Å². The molecule has 0 aliphatic rings. The Bertz CT molecular complexity index is 669. The Balaban J connectivity index is 1.79. The van der Waals surface area contributed by atoms with Crippen molar-refractivity contribution in [3.05, 3.63) is 53.7 Å². The lowest BCUT2D eigenvalue weighted by Crippen LogP contribution is -2.41. The van der Waals surface area contributed by atoms with Gasteiger partial charge in [0.15, 0.2) is 0 Å². The number of nitrogen functional groups attached to an aromatic ring is 1. The second kappa shape index (κ2) is 7.76. The molecule has 0 saturated carbocycles. The minimum Gasteiger partial charge on any atom is -0.492 e. The fourth-order valence-electron chi connectivity index (χ4n) is 2.14. The SMILES string of the molecule is CC(O)(NCCOc1ccc(CC(=O)O)cc1)c1ccc(N)nc1. The van der Waals surface area contributed by atoms with Crippen LogP contribution >= 0.6 is 0 Å². The van der Waals surface area contributed by atoms with E-state index in [0.717, 1.165) is 0 Å². The van der Waals surface area contributed by atoms with E-state index < -0.39 is 11.7 Å². The summed E-state index contributed by atoms with van der Waals surface area (Å²) in [6.45, 7) is 2.38. The Hall–Kier alpha value is -2.64. The lowest BCUT2D eigenvalue weighted by atomic mass is 10.1. The summed E-state index contributed by atoms with van der Waals surface area (Å²) in [6.07, 6.45) is 1.50. The first-order chi connectivity index (χ1) is 11.4. The van der Waals surface area contributed by atoms with Gasteiger partial charge in [0, 0.05) is 18.3 Å². The summed E-state index contributed by atoms with van der Waals surface area (Å²) in [5.41, 5.74) is 5.61. The number of nitrogens with zero attached hydrogens (tertiary/aromatic N) is 1.